The topological polar surface area (TPSA) is 112 Å². The minimum atomic E-state index is -1.55. The molecule has 0 radical (unpaired) electrons. The first kappa shape index (κ1) is 12.1. The van der Waals surface area contributed by atoms with Crippen LogP contribution < -0.4 is 5.73 Å². The predicted octanol–water partition coefficient (Wildman–Crippen LogP) is -0.768. The van der Waals surface area contributed by atoms with E-state index in [-0.39, 0.29) is 12.2 Å². The summed E-state index contributed by atoms with van der Waals surface area (Å²) < 4.78 is 9.09. The number of carbonyl (C=O) groups excluding carboxylic acids is 3. The van der Waals surface area contributed by atoms with Crippen LogP contribution in [0.5, 0.6) is 0 Å². The van der Waals surface area contributed by atoms with Crippen molar-refractivity contribution in [3.8, 4) is 0 Å². The summed E-state index contributed by atoms with van der Waals surface area (Å²) in [7, 11) is 1.07. The Bertz CT molecular complexity index is 387. The van der Waals surface area contributed by atoms with Crippen LogP contribution in [0.1, 0.15) is 11.9 Å². The Morgan fingerprint density at radius 1 is 1.62 bits per heavy atom. The van der Waals surface area contributed by atoms with Crippen LogP contribution in [0.4, 0.5) is 0 Å². The fourth-order valence-corrected chi connectivity index (χ4v) is 1.07. The van der Waals surface area contributed by atoms with Gasteiger partial charge in [0.25, 0.3) is 0 Å². The van der Waals surface area contributed by atoms with Crippen molar-refractivity contribution in [2.24, 2.45) is 11.7 Å². The number of nitrogens with zero attached hydrogens (tertiary/aromatic N) is 1. The number of aromatic nitrogens is 1. The molecule has 0 saturated carbocycles. The van der Waals surface area contributed by atoms with Crippen LogP contribution in [0.15, 0.2) is 16.9 Å². The second-order valence-electron chi connectivity index (χ2n) is 2.89. The molecule has 0 aliphatic heterocycles. The van der Waals surface area contributed by atoms with Crippen LogP contribution >= 0.6 is 0 Å². The van der Waals surface area contributed by atoms with Crippen LogP contribution in [-0.2, 0) is 19.1 Å². The highest BCUT2D eigenvalue weighted by atomic mass is 16.5. The molecule has 0 amide bonds. The van der Waals surface area contributed by atoms with E-state index in [0.29, 0.717) is 0 Å². The first-order valence-corrected chi connectivity index (χ1v) is 4.33. The molecule has 2 N–H and O–H groups in total. The van der Waals surface area contributed by atoms with Crippen LogP contribution in [-0.4, -0.2) is 30.1 Å². The van der Waals surface area contributed by atoms with Gasteiger partial charge in [0.2, 0.25) is 5.89 Å². The van der Waals surface area contributed by atoms with Crippen molar-refractivity contribution >= 4 is 18.0 Å². The molecule has 2 unspecified atom stereocenters. The maximum absolute atomic E-state index is 11.6. The number of carbonyl (C=O) groups is 3. The molecule has 1 aromatic rings. The lowest BCUT2D eigenvalue weighted by Gasteiger charge is -2.10. The Labute approximate surface area is 90.6 Å². The van der Waals surface area contributed by atoms with E-state index < -0.39 is 23.7 Å². The molecule has 1 heterocycles. The van der Waals surface area contributed by atoms with Crippen molar-refractivity contribution in [2.45, 2.75) is 6.04 Å². The number of Topliss-reactive ketones (excluding diaryl/α,β-unsaturated/α-hetero) is 1. The molecule has 0 aliphatic rings. The van der Waals surface area contributed by atoms with Gasteiger partial charge >= 0.3 is 5.97 Å². The predicted molar refractivity (Wildman–Crippen MR) is 50.0 cm³/mol. The summed E-state index contributed by atoms with van der Waals surface area (Å²) in [4.78, 5) is 36.9. The number of esters is 1. The number of rotatable bonds is 5. The molecule has 16 heavy (non-hydrogen) atoms. The van der Waals surface area contributed by atoms with Crippen molar-refractivity contribution in [3.63, 3.8) is 0 Å². The van der Waals surface area contributed by atoms with Crippen molar-refractivity contribution in [1.82, 2.24) is 4.98 Å². The summed E-state index contributed by atoms with van der Waals surface area (Å²) in [6.45, 7) is 0. The van der Waals surface area contributed by atoms with Gasteiger partial charge in [-0.3, -0.25) is 9.59 Å². The third-order valence-electron chi connectivity index (χ3n) is 1.92. The Balaban J connectivity index is 2.84. The first-order valence-electron chi connectivity index (χ1n) is 4.33. The third-order valence-corrected chi connectivity index (χ3v) is 1.92. The van der Waals surface area contributed by atoms with Crippen LogP contribution in [0.25, 0.3) is 0 Å². The van der Waals surface area contributed by atoms with E-state index in [1.807, 2.05) is 0 Å². The molecule has 0 fully saturated rings. The van der Waals surface area contributed by atoms with E-state index in [1.54, 1.807) is 0 Å². The molecule has 86 valence electrons. The number of hydrogen-bond donors (Lipinski definition) is 1. The second kappa shape index (κ2) is 5.17. The van der Waals surface area contributed by atoms with E-state index in [4.69, 9.17) is 10.2 Å². The van der Waals surface area contributed by atoms with Crippen molar-refractivity contribution in [1.29, 1.82) is 0 Å². The summed E-state index contributed by atoms with van der Waals surface area (Å²) in [5.74, 6) is -3.38. The fraction of sp³-hybridized carbons (Fsp3) is 0.333. The van der Waals surface area contributed by atoms with E-state index in [0.717, 1.165) is 7.11 Å². The van der Waals surface area contributed by atoms with Gasteiger partial charge in [0.05, 0.1) is 13.3 Å². The average Bonchev–Trinajstić information content (AvgIpc) is 2.81. The number of ether oxygens (including phenoxy) is 1. The Hall–Kier alpha value is -2.02. The van der Waals surface area contributed by atoms with Gasteiger partial charge in [-0.05, 0) is 0 Å². The van der Waals surface area contributed by atoms with Crippen LogP contribution in [0.3, 0.4) is 0 Å². The van der Waals surface area contributed by atoms with Gasteiger partial charge < -0.3 is 19.7 Å². The maximum Gasteiger partial charge on any atom is 0.323 e. The summed E-state index contributed by atoms with van der Waals surface area (Å²) in [6, 6.07) is -1.26. The largest absolute Gasteiger partial charge is 0.468 e. The lowest BCUT2D eigenvalue weighted by atomic mass is 10.00. The molecule has 0 aromatic carbocycles. The van der Waals surface area contributed by atoms with E-state index in [2.05, 4.69) is 9.72 Å². The lowest BCUT2D eigenvalue weighted by Crippen LogP contribution is -2.34. The minimum absolute atomic E-state index is 0.0549. The average molecular weight is 226 g/mol. The molecule has 7 nitrogen and oxygen atoms in total. The molecule has 0 aliphatic carbocycles. The summed E-state index contributed by atoms with van der Waals surface area (Å²) in [5.41, 5.74) is 5.48. The molecule has 0 saturated heterocycles. The number of hydrogen-bond acceptors (Lipinski definition) is 7. The number of ketones is 1. The van der Waals surface area contributed by atoms with Gasteiger partial charge in [-0.15, -0.1) is 0 Å². The Kier molecular flexibility index (Phi) is 3.90. The summed E-state index contributed by atoms with van der Waals surface area (Å²) in [5, 5.41) is 0. The molecule has 1 rings (SSSR count). The zero-order valence-electron chi connectivity index (χ0n) is 8.45. The highest BCUT2D eigenvalue weighted by Crippen LogP contribution is 2.13. The molecule has 2 atom stereocenters. The smallest absolute Gasteiger partial charge is 0.323 e. The summed E-state index contributed by atoms with van der Waals surface area (Å²) in [6.07, 6.45) is 2.71. The van der Waals surface area contributed by atoms with Gasteiger partial charge in [-0.1, -0.05) is 0 Å². The monoisotopic (exact) mass is 226 g/mol. The summed E-state index contributed by atoms with van der Waals surface area (Å²) >= 11 is 0. The maximum atomic E-state index is 11.6. The number of aldehydes is 1. The van der Waals surface area contributed by atoms with Gasteiger partial charge in [0.15, 0.2) is 11.7 Å². The zero-order valence-corrected chi connectivity index (χ0v) is 8.45. The molecule has 7 heteroatoms. The van der Waals surface area contributed by atoms with Crippen molar-refractivity contribution in [2.75, 3.05) is 7.11 Å². The standard InChI is InChI=1S/C9H10N2O5/c1-15-9(14)5(4-12)7(13)6(10)8-11-2-3-16-8/h2-6H,10H2,1H3. The van der Waals surface area contributed by atoms with Crippen LogP contribution in [0, 0.1) is 5.92 Å². The van der Waals surface area contributed by atoms with E-state index >= 15 is 0 Å². The zero-order chi connectivity index (χ0) is 12.1. The second-order valence-corrected chi connectivity index (χ2v) is 2.89. The highest BCUT2D eigenvalue weighted by Gasteiger charge is 2.33. The molecule has 1 aromatic heterocycles. The normalized spacial score (nSPS) is 13.9. The number of oxazole rings is 1. The number of nitrogens with two attached hydrogens (primary N) is 1. The fourth-order valence-electron chi connectivity index (χ4n) is 1.07. The lowest BCUT2D eigenvalue weighted by molar-refractivity contribution is -0.151. The number of methoxy groups -OCH3 is 1. The molecule has 0 spiro atoms. The SMILES string of the molecule is COC(=O)C(C=O)C(=O)C(N)c1ncco1. The van der Waals surface area contributed by atoms with Gasteiger partial charge in [-0.25, -0.2) is 4.98 Å². The first-order chi connectivity index (χ1) is 7.61. The van der Waals surface area contributed by atoms with Gasteiger partial charge in [-0.2, -0.15) is 0 Å². The molecule has 0 bridgehead atoms. The van der Waals surface area contributed by atoms with Gasteiger partial charge in [0.1, 0.15) is 18.6 Å². The Morgan fingerprint density at radius 3 is 2.75 bits per heavy atom. The highest BCUT2D eigenvalue weighted by molar-refractivity contribution is 6.12. The Morgan fingerprint density at radius 2 is 2.31 bits per heavy atom. The quantitative estimate of drug-likeness (QED) is 0.398. The minimum Gasteiger partial charge on any atom is -0.468 e. The van der Waals surface area contributed by atoms with Crippen LogP contribution in [0.2, 0.25) is 0 Å². The third kappa shape index (κ3) is 2.31. The molecular formula is C9H10N2O5. The van der Waals surface area contributed by atoms with E-state index in [9.17, 15) is 14.4 Å². The van der Waals surface area contributed by atoms with Crippen molar-refractivity contribution < 1.29 is 23.5 Å². The van der Waals surface area contributed by atoms with Crippen molar-refractivity contribution in [3.05, 3.63) is 18.4 Å². The molecular weight excluding hydrogens is 216 g/mol. The van der Waals surface area contributed by atoms with E-state index in [1.165, 1.54) is 12.5 Å². The van der Waals surface area contributed by atoms with Gasteiger partial charge in [0, 0.05) is 0 Å².